The Labute approximate surface area is 187 Å². The molecule has 0 bridgehead atoms. The topological polar surface area (TPSA) is 44.0 Å². The highest BCUT2D eigenvalue weighted by atomic mass is 32.1. The molecule has 1 aliphatic rings. The van der Waals surface area contributed by atoms with Gasteiger partial charge in [0.1, 0.15) is 11.7 Å². The van der Waals surface area contributed by atoms with Crippen molar-refractivity contribution in [2.75, 3.05) is 70.8 Å². The van der Waals surface area contributed by atoms with Crippen molar-refractivity contribution < 1.29 is 23.5 Å². The van der Waals surface area contributed by atoms with E-state index in [0.717, 1.165) is 13.1 Å². The van der Waals surface area contributed by atoms with Gasteiger partial charge in [0.05, 0.1) is 58.4 Å². The molecule has 166 valence electrons. The molecule has 1 fully saturated rings. The molecule has 0 amide bonds. The van der Waals surface area contributed by atoms with Crippen molar-refractivity contribution in [3.8, 4) is 10.6 Å². The minimum absolute atomic E-state index is 0.597. The molecule has 0 spiro atoms. The van der Waals surface area contributed by atoms with E-state index in [1.165, 1.54) is 26.5 Å². The Kier molecular flexibility index (Phi) is 8.26. The van der Waals surface area contributed by atoms with Crippen LogP contribution < -0.4 is 9.47 Å². The number of ether oxygens (including phenoxy) is 4. The van der Waals surface area contributed by atoms with Gasteiger partial charge in [0.25, 0.3) is 5.01 Å². The van der Waals surface area contributed by atoms with Crippen LogP contribution in [0.4, 0.5) is 5.69 Å². The zero-order chi connectivity index (χ0) is 21.3. The summed E-state index contributed by atoms with van der Waals surface area (Å²) in [5, 5.41) is 1.26. The number of hydrogen-bond acceptors (Lipinski definition) is 6. The van der Waals surface area contributed by atoms with Crippen LogP contribution in [0.3, 0.4) is 0 Å². The van der Waals surface area contributed by atoms with Crippen LogP contribution in [0.5, 0.6) is 0 Å². The molecule has 31 heavy (non-hydrogen) atoms. The van der Waals surface area contributed by atoms with Gasteiger partial charge in [0.2, 0.25) is 5.52 Å². The number of anilines is 1. The lowest BCUT2D eigenvalue weighted by Crippen LogP contribution is -2.31. The van der Waals surface area contributed by atoms with E-state index in [1.807, 2.05) is 11.3 Å². The molecule has 0 N–H and O–H groups in total. The van der Waals surface area contributed by atoms with E-state index in [2.05, 4.69) is 65.0 Å². The molecule has 1 aromatic heterocycles. The number of aryl methyl sites for hydroxylation is 1. The maximum absolute atomic E-state index is 5.75. The lowest BCUT2D eigenvalue weighted by Gasteiger charge is -2.25. The molecule has 0 aliphatic carbocycles. The minimum atomic E-state index is 0.597. The van der Waals surface area contributed by atoms with Crippen LogP contribution in [0.1, 0.15) is 0 Å². The van der Waals surface area contributed by atoms with Gasteiger partial charge in [0, 0.05) is 24.8 Å². The van der Waals surface area contributed by atoms with E-state index >= 15 is 0 Å². The van der Waals surface area contributed by atoms with Gasteiger partial charge in [-0.1, -0.05) is 23.5 Å². The predicted octanol–water partition coefficient (Wildman–Crippen LogP) is 3.28. The zero-order valence-electron chi connectivity index (χ0n) is 18.1. The molecule has 4 rings (SSSR count). The minimum Gasteiger partial charge on any atom is -0.377 e. The first-order chi connectivity index (χ1) is 15.3. The average Bonchev–Trinajstić information content (AvgIpc) is 3.13. The Hall–Kier alpha value is -2.03. The van der Waals surface area contributed by atoms with Gasteiger partial charge in [-0.25, -0.2) is 0 Å². The third kappa shape index (κ3) is 6.02. The van der Waals surface area contributed by atoms with E-state index in [-0.39, 0.29) is 0 Å². The summed E-state index contributed by atoms with van der Waals surface area (Å²) in [6.45, 7) is 6.54. The molecular formula is C24H31N2O4S+. The number of nitrogens with zero attached hydrogens (tertiary/aromatic N) is 2. The number of thiazole rings is 1. The summed E-state index contributed by atoms with van der Waals surface area (Å²) >= 11 is 1.82. The van der Waals surface area contributed by atoms with Crippen LogP contribution >= 0.6 is 11.3 Å². The molecule has 0 saturated carbocycles. The van der Waals surface area contributed by atoms with Crippen LogP contribution in [-0.2, 0) is 26.0 Å². The second-order valence-corrected chi connectivity index (χ2v) is 8.45. The summed E-state index contributed by atoms with van der Waals surface area (Å²) in [5.74, 6) is 0. The second-order valence-electron chi connectivity index (χ2n) is 7.42. The summed E-state index contributed by atoms with van der Waals surface area (Å²) in [7, 11) is 2.13. The van der Waals surface area contributed by atoms with Gasteiger partial charge in [-0.15, -0.1) is 0 Å². The number of hydrogen-bond donors (Lipinski definition) is 0. The van der Waals surface area contributed by atoms with E-state index in [0.29, 0.717) is 52.9 Å². The highest BCUT2D eigenvalue weighted by molar-refractivity contribution is 7.21. The van der Waals surface area contributed by atoms with Crippen molar-refractivity contribution in [2.45, 2.75) is 0 Å². The molecule has 1 saturated heterocycles. The Bertz CT molecular complexity index is 928. The molecule has 1 aliphatic heterocycles. The number of aromatic nitrogens is 1. The van der Waals surface area contributed by atoms with Crippen molar-refractivity contribution in [2.24, 2.45) is 7.05 Å². The molecule has 6 nitrogen and oxygen atoms in total. The Morgan fingerprint density at radius 1 is 0.710 bits per heavy atom. The van der Waals surface area contributed by atoms with Crippen LogP contribution in [-0.4, -0.2) is 65.9 Å². The van der Waals surface area contributed by atoms with Gasteiger partial charge in [-0.3, -0.25) is 0 Å². The maximum Gasteiger partial charge on any atom is 0.269 e. The van der Waals surface area contributed by atoms with Gasteiger partial charge < -0.3 is 23.8 Å². The highest BCUT2D eigenvalue weighted by Gasteiger charge is 2.18. The van der Waals surface area contributed by atoms with Crippen molar-refractivity contribution in [3.05, 3.63) is 48.5 Å². The average molecular weight is 444 g/mol. The first kappa shape index (κ1) is 22.2. The third-order valence-corrected chi connectivity index (χ3v) is 6.61. The van der Waals surface area contributed by atoms with Gasteiger partial charge in [0.15, 0.2) is 0 Å². The molecule has 2 aromatic carbocycles. The maximum atomic E-state index is 5.75. The zero-order valence-corrected chi connectivity index (χ0v) is 18.9. The molecule has 2 heterocycles. The molecule has 0 atom stereocenters. The lowest BCUT2D eigenvalue weighted by molar-refractivity contribution is -0.629. The summed E-state index contributed by atoms with van der Waals surface area (Å²) < 4.78 is 26.1. The van der Waals surface area contributed by atoms with Gasteiger partial charge >= 0.3 is 0 Å². The standard InChI is InChI=1S/C24H31N2O4S/c1-25-22-4-2-3-5-23(22)31-24(25)20-6-8-21(9-7-20)26-10-12-27-14-16-29-18-19-30-17-15-28-13-11-26/h2-9H,10-19H2,1H3/q+1. The van der Waals surface area contributed by atoms with E-state index in [1.54, 1.807) is 0 Å². The monoisotopic (exact) mass is 443 g/mol. The number of rotatable bonds is 2. The van der Waals surface area contributed by atoms with Gasteiger partial charge in [-0.2, -0.15) is 4.57 Å². The summed E-state index contributed by atoms with van der Waals surface area (Å²) in [5.41, 5.74) is 3.67. The fourth-order valence-corrected chi connectivity index (χ4v) is 4.80. The largest absolute Gasteiger partial charge is 0.377 e. The third-order valence-electron chi connectivity index (χ3n) is 5.34. The van der Waals surface area contributed by atoms with Crippen molar-refractivity contribution >= 4 is 27.2 Å². The normalized spacial score (nSPS) is 17.9. The molecular weight excluding hydrogens is 412 g/mol. The van der Waals surface area contributed by atoms with Crippen LogP contribution in [0.2, 0.25) is 0 Å². The first-order valence-corrected chi connectivity index (χ1v) is 11.7. The molecule has 3 aromatic rings. The molecule has 0 radical (unpaired) electrons. The van der Waals surface area contributed by atoms with Crippen LogP contribution in [0.25, 0.3) is 20.8 Å². The summed E-state index contributed by atoms with van der Waals surface area (Å²) in [6, 6.07) is 17.3. The van der Waals surface area contributed by atoms with Crippen molar-refractivity contribution in [3.63, 3.8) is 0 Å². The Balaban J connectivity index is 1.44. The number of benzene rings is 2. The van der Waals surface area contributed by atoms with E-state index in [4.69, 9.17) is 18.9 Å². The smallest absolute Gasteiger partial charge is 0.269 e. The van der Waals surface area contributed by atoms with E-state index < -0.39 is 0 Å². The summed E-state index contributed by atoms with van der Waals surface area (Å²) in [6.07, 6.45) is 0. The predicted molar refractivity (Wildman–Crippen MR) is 124 cm³/mol. The first-order valence-electron chi connectivity index (χ1n) is 10.9. The molecule has 7 heteroatoms. The Morgan fingerprint density at radius 3 is 1.84 bits per heavy atom. The van der Waals surface area contributed by atoms with Gasteiger partial charge in [-0.05, 0) is 30.3 Å². The van der Waals surface area contributed by atoms with E-state index in [9.17, 15) is 0 Å². The van der Waals surface area contributed by atoms with Crippen LogP contribution in [0.15, 0.2) is 48.5 Å². The summed E-state index contributed by atoms with van der Waals surface area (Å²) in [4.78, 5) is 2.32. The van der Waals surface area contributed by atoms with Crippen molar-refractivity contribution in [1.82, 2.24) is 0 Å². The quantitative estimate of drug-likeness (QED) is 0.569. The number of para-hydroxylation sites is 1. The fraction of sp³-hybridized carbons (Fsp3) is 0.458. The van der Waals surface area contributed by atoms with Crippen LogP contribution in [0, 0.1) is 0 Å². The Morgan fingerprint density at radius 2 is 1.26 bits per heavy atom. The lowest BCUT2D eigenvalue weighted by atomic mass is 10.2. The number of fused-ring (bicyclic) bond motifs is 1. The SMILES string of the molecule is C[n+]1c(-c2ccc(N3CCOCCOCCOCCOCC3)cc2)sc2ccccc21. The highest BCUT2D eigenvalue weighted by Crippen LogP contribution is 2.29. The fourth-order valence-electron chi connectivity index (χ4n) is 3.65. The molecule has 0 unspecified atom stereocenters. The van der Waals surface area contributed by atoms with Crippen molar-refractivity contribution in [1.29, 1.82) is 0 Å². The second kappa shape index (κ2) is 11.5.